The van der Waals surface area contributed by atoms with Crippen molar-refractivity contribution in [2.75, 3.05) is 18.1 Å². The van der Waals surface area contributed by atoms with Crippen LogP contribution in [-0.2, 0) is 5.75 Å². The van der Waals surface area contributed by atoms with Crippen molar-refractivity contribution in [1.29, 1.82) is 0 Å². The highest BCUT2D eigenvalue weighted by molar-refractivity contribution is 7.98. The zero-order valence-electron chi connectivity index (χ0n) is 14.2. The zero-order valence-corrected chi connectivity index (χ0v) is 15.0. The first-order chi connectivity index (χ1) is 11.5. The van der Waals surface area contributed by atoms with Crippen LogP contribution in [0.2, 0.25) is 0 Å². The number of hydrogen-bond donors (Lipinski definition) is 2. The standard InChI is InChI=1S/C19H22N2O2S/c1-4-24-12-14-5-7-15(8-6-14)19(23)21-17-10-9-16(11-13(17)2)18(22)20-3/h5-11H,4,12H2,1-3H3,(H,20,22)(H,21,23). The van der Waals surface area contributed by atoms with Gasteiger partial charge in [-0.05, 0) is 54.1 Å². The SMILES string of the molecule is CCSCc1ccc(C(=O)Nc2ccc(C(=O)NC)cc2C)cc1. The van der Waals surface area contributed by atoms with Gasteiger partial charge in [-0.3, -0.25) is 9.59 Å². The molecule has 0 aliphatic rings. The van der Waals surface area contributed by atoms with Crippen molar-refractivity contribution in [1.82, 2.24) is 5.32 Å². The fourth-order valence-electron chi connectivity index (χ4n) is 2.26. The molecule has 0 spiro atoms. The molecule has 0 atom stereocenters. The molecule has 0 fully saturated rings. The Bertz CT molecular complexity index is 727. The first kappa shape index (κ1) is 18.1. The summed E-state index contributed by atoms with van der Waals surface area (Å²) < 4.78 is 0. The minimum Gasteiger partial charge on any atom is -0.355 e. The molecule has 0 heterocycles. The van der Waals surface area contributed by atoms with Gasteiger partial charge in [0.25, 0.3) is 11.8 Å². The summed E-state index contributed by atoms with van der Waals surface area (Å²) in [6, 6.07) is 12.9. The van der Waals surface area contributed by atoms with Crippen LogP contribution in [0.3, 0.4) is 0 Å². The van der Waals surface area contributed by atoms with E-state index in [9.17, 15) is 9.59 Å². The normalized spacial score (nSPS) is 10.3. The molecule has 0 aliphatic heterocycles. The molecule has 0 saturated carbocycles. The summed E-state index contributed by atoms with van der Waals surface area (Å²) in [5, 5.41) is 5.48. The Labute approximate surface area is 147 Å². The Morgan fingerprint density at radius 3 is 2.25 bits per heavy atom. The molecule has 0 saturated heterocycles. The van der Waals surface area contributed by atoms with Crippen molar-refractivity contribution >= 4 is 29.3 Å². The van der Waals surface area contributed by atoms with Crippen molar-refractivity contribution in [3.05, 3.63) is 64.7 Å². The van der Waals surface area contributed by atoms with Crippen LogP contribution in [0.1, 0.15) is 38.8 Å². The third-order valence-corrected chi connectivity index (χ3v) is 4.60. The Kier molecular flexibility index (Phi) is 6.44. The maximum Gasteiger partial charge on any atom is 0.255 e. The van der Waals surface area contributed by atoms with E-state index in [2.05, 4.69) is 17.6 Å². The Hall–Kier alpha value is -2.27. The van der Waals surface area contributed by atoms with Crippen LogP contribution in [0.5, 0.6) is 0 Å². The average Bonchev–Trinajstić information content (AvgIpc) is 2.61. The van der Waals surface area contributed by atoms with Gasteiger partial charge in [-0.15, -0.1) is 0 Å². The van der Waals surface area contributed by atoms with E-state index in [1.165, 1.54) is 5.56 Å². The van der Waals surface area contributed by atoms with Gasteiger partial charge in [0.1, 0.15) is 0 Å². The number of nitrogens with one attached hydrogen (secondary N) is 2. The summed E-state index contributed by atoms with van der Waals surface area (Å²) in [6.45, 7) is 4.00. The molecular formula is C19H22N2O2S. The van der Waals surface area contributed by atoms with E-state index in [1.54, 1.807) is 25.2 Å². The molecule has 0 bridgehead atoms. The monoisotopic (exact) mass is 342 g/mol. The molecule has 2 rings (SSSR count). The quantitative estimate of drug-likeness (QED) is 0.838. The number of amides is 2. The van der Waals surface area contributed by atoms with Crippen LogP contribution in [0.4, 0.5) is 5.69 Å². The van der Waals surface area contributed by atoms with Crippen LogP contribution in [0, 0.1) is 6.92 Å². The molecule has 0 aromatic heterocycles. The summed E-state index contributed by atoms with van der Waals surface area (Å²) in [6.07, 6.45) is 0. The molecule has 2 amide bonds. The van der Waals surface area contributed by atoms with Crippen molar-refractivity contribution in [2.45, 2.75) is 19.6 Å². The molecule has 126 valence electrons. The number of rotatable bonds is 6. The lowest BCUT2D eigenvalue weighted by molar-refractivity contribution is 0.0962. The second kappa shape index (κ2) is 8.55. The van der Waals surface area contributed by atoms with E-state index < -0.39 is 0 Å². The molecule has 4 nitrogen and oxygen atoms in total. The van der Waals surface area contributed by atoms with Crippen molar-refractivity contribution in [3.8, 4) is 0 Å². The van der Waals surface area contributed by atoms with Crippen LogP contribution in [-0.4, -0.2) is 24.6 Å². The smallest absolute Gasteiger partial charge is 0.255 e. The van der Waals surface area contributed by atoms with Crippen molar-refractivity contribution in [2.24, 2.45) is 0 Å². The van der Waals surface area contributed by atoms with E-state index in [0.29, 0.717) is 16.8 Å². The molecule has 24 heavy (non-hydrogen) atoms. The molecule has 2 N–H and O–H groups in total. The minimum atomic E-state index is -0.152. The largest absolute Gasteiger partial charge is 0.355 e. The third kappa shape index (κ3) is 4.61. The first-order valence-corrected chi connectivity index (χ1v) is 9.01. The predicted octanol–water partition coefficient (Wildman–Crippen LogP) is 3.86. The lowest BCUT2D eigenvalue weighted by Crippen LogP contribution is -2.18. The lowest BCUT2D eigenvalue weighted by Gasteiger charge is -2.10. The average molecular weight is 342 g/mol. The third-order valence-electron chi connectivity index (χ3n) is 3.65. The van der Waals surface area contributed by atoms with E-state index in [0.717, 1.165) is 17.1 Å². The van der Waals surface area contributed by atoms with Crippen LogP contribution < -0.4 is 10.6 Å². The van der Waals surface area contributed by atoms with Crippen LogP contribution in [0.25, 0.3) is 0 Å². The molecule has 0 unspecified atom stereocenters. The fourth-order valence-corrected chi connectivity index (χ4v) is 2.89. The highest BCUT2D eigenvalue weighted by atomic mass is 32.2. The molecule has 2 aromatic carbocycles. The number of thioether (sulfide) groups is 1. The summed E-state index contributed by atoms with van der Waals surface area (Å²) >= 11 is 1.85. The minimum absolute atomic E-state index is 0.142. The summed E-state index contributed by atoms with van der Waals surface area (Å²) in [7, 11) is 1.59. The van der Waals surface area contributed by atoms with Crippen molar-refractivity contribution < 1.29 is 9.59 Å². The summed E-state index contributed by atoms with van der Waals surface area (Å²) in [4.78, 5) is 24.0. The second-order valence-electron chi connectivity index (χ2n) is 5.40. The van der Waals surface area contributed by atoms with Gasteiger partial charge in [-0.25, -0.2) is 0 Å². The molecule has 0 aliphatic carbocycles. The van der Waals surface area contributed by atoms with E-state index in [4.69, 9.17) is 0 Å². The molecule has 0 radical (unpaired) electrons. The molecular weight excluding hydrogens is 320 g/mol. The summed E-state index contributed by atoms with van der Waals surface area (Å²) in [5.41, 5.74) is 3.96. The van der Waals surface area contributed by atoms with Gasteiger partial charge in [0.05, 0.1) is 0 Å². The van der Waals surface area contributed by atoms with Crippen LogP contribution >= 0.6 is 11.8 Å². The highest BCUT2D eigenvalue weighted by Gasteiger charge is 2.10. The number of anilines is 1. The number of aryl methyl sites for hydroxylation is 1. The fraction of sp³-hybridized carbons (Fsp3) is 0.263. The highest BCUT2D eigenvalue weighted by Crippen LogP contribution is 2.18. The van der Waals surface area contributed by atoms with Gasteiger partial charge in [-0.1, -0.05) is 19.1 Å². The van der Waals surface area contributed by atoms with Gasteiger partial charge in [0.2, 0.25) is 0 Å². The van der Waals surface area contributed by atoms with Crippen LogP contribution in [0.15, 0.2) is 42.5 Å². The molecule has 5 heteroatoms. The second-order valence-corrected chi connectivity index (χ2v) is 6.67. The summed E-state index contributed by atoms with van der Waals surface area (Å²) in [5.74, 6) is 1.74. The zero-order chi connectivity index (χ0) is 17.5. The maximum atomic E-state index is 12.4. The van der Waals surface area contributed by atoms with Gasteiger partial charge in [-0.2, -0.15) is 11.8 Å². The predicted molar refractivity (Wildman–Crippen MR) is 101 cm³/mol. The van der Waals surface area contributed by atoms with E-state index in [-0.39, 0.29) is 11.8 Å². The van der Waals surface area contributed by atoms with E-state index >= 15 is 0 Å². The number of hydrogen-bond acceptors (Lipinski definition) is 3. The number of benzene rings is 2. The van der Waals surface area contributed by atoms with E-state index in [1.807, 2.05) is 43.0 Å². The lowest BCUT2D eigenvalue weighted by atomic mass is 10.1. The van der Waals surface area contributed by atoms with Gasteiger partial charge < -0.3 is 10.6 Å². The first-order valence-electron chi connectivity index (χ1n) is 7.86. The maximum absolute atomic E-state index is 12.4. The number of carbonyl (C=O) groups is 2. The van der Waals surface area contributed by atoms with Gasteiger partial charge >= 0.3 is 0 Å². The molecule has 2 aromatic rings. The van der Waals surface area contributed by atoms with Gasteiger partial charge in [0, 0.05) is 29.6 Å². The van der Waals surface area contributed by atoms with Gasteiger partial charge in [0.15, 0.2) is 0 Å². The topological polar surface area (TPSA) is 58.2 Å². The Balaban J connectivity index is 2.07. The number of carbonyl (C=O) groups excluding carboxylic acids is 2. The Morgan fingerprint density at radius 2 is 1.67 bits per heavy atom. The Morgan fingerprint density at radius 1 is 1.00 bits per heavy atom. The van der Waals surface area contributed by atoms with Crippen molar-refractivity contribution in [3.63, 3.8) is 0 Å².